The molecule has 0 amide bonds. The van der Waals surface area contributed by atoms with Gasteiger partial charge >= 0.3 is 0 Å². The number of hydrogen-bond donors (Lipinski definition) is 0. The van der Waals surface area contributed by atoms with Gasteiger partial charge in [0, 0.05) is 18.1 Å². The Labute approximate surface area is 162 Å². The quantitative estimate of drug-likeness (QED) is 0.460. The highest BCUT2D eigenvalue weighted by Crippen LogP contribution is 2.25. The van der Waals surface area contributed by atoms with Gasteiger partial charge in [0.05, 0.1) is 0 Å². The maximum atomic E-state index is 5.87. The van der Waals surface area contributed by atoms with Crippen molar-refractivity contribution < 1.29 is 4.74 Å². The van der Waals surface area contributed by atoms with E-state index in [-0.39, 0.29) is 0 Å². The van der Waals surface area contributed by atoms with Crippen LogP contribution in [0.5, 0.6) is 5.88 Å². The molecule has 4 aromatic rings. The Balaban J connectivity index is 1.49. The first-order valence-corrected chi connectivity index (χ1v) is 9.74. The predicted octanol–water partition coefficient (Wildman–Crippen LogP) is 4.61. The molecular formula is C21H20N4OS. The summed E-state index contributed by atoms with van der Waals surface area (Å²) < 4.78 is 7.80. The summed E-state index contributed by atoms with van der Waals surface area (Å²) in [5.41, 5.74) is 5.51. The summed E-state index contributed by atoms with van der Waals surface area (Å²) in [4.78, 5) is 4.39. The van der Waals surface area contributed by atoms with Crippen molar-refractivity contribution in [2.45, 2.75) is 31.4 Å². The van der Waals surface area contributed by atoms with Gasteiger partial charge < -0.3 is 4.74 Å². The summed E-state index contributed by atoms with van der Waals surface area (Å²) >= 11 is 1.63. The highest BCUT2D eigenvalue weighted by atomic mass is 32.2. The summed E-state index contributed by atoms with van der Waals surface area (Å²) in [5, 5.41) is 9.41. The molecule has 0 N–H and O–H groups in total. The van der Waals surface area contributed by atoms with E-state index in [1.54, 1.807) is 18.0 Å². The molecule has 0 unspecified atom stereocenters. The van der Waals surface area contributed by atoms with Crippen LogP contribution in [0.3, 0.4) is 0 Å². The van der Waals surface area contributed by atoms with Gasteiger partial charge in [0.25, 0.3) is 5.88 Å². The van der Waals surface area contributed by atoms with Crippen molar-refractivity contribution in [3.05, 3.63) is 83.2 Å². The molecule has 4 rings (SSSR count). The maximum absolute atomic E-state index is 5.87. The minimum Gasteiger partial charge on any atom is -0.469 e. The monoisotopic (exact) mass is 376 g/mol. The molecule has 5 nitrogen and oxygen atoms in total. The van der Waals surface area contributed by atoms with Gasteiger partial charge in [-0.05, 0) is 25.0 Å². The van der Waals surface area contributed by atoms with Crippen LogP contribution in [-0.2, 0) is 12.4 Å². The second-order valence-corrected chi connectivity index (χ2v) is 7.40. The zero-order valence-electron chi connectivity index (χ0n) is 15.3. The van der Waals surface area contributed by atoms with Crippen molar-refractivity contribution in [2.24, 2.45) is 0 Å². The van der Waals surface area contributed by atoms with E-state index in [1.807, 2.05) is 10.6 Å². The third-order valence-corrected chi connectivity index (χ3v) is 5.26. The van der Waals surface area contributed by atoms with Gasteiger partial charge in [0.15, 0.2) is 5.16 Å². The molecule has 0 aliphatic rings. The van der Waals surface area contributed by atoms with Crippen molar-refractivity contribution in [1.29, 1.82) is 0 Å². The lowest BCUT2D eigenvalue weighted by Gasteiger charge is -2.09. The Morgan fingerprint density at radius 2 is 1.56 bits per heavy atom. The van der Waals surface area contributed by atoms with E-state index in [2.05, 4.69) is 77.6 Å². The van der Waals surface area contributed by atoms with Gasteiger partial charge in [0.2, 0.25) is 5.65 Å². The fourth-order valence-electron chi connectivity index (χ4n) is 2.66. The Morgan fingerprint density at radius 3 is 2.26 bits per heavy atom. The summed E-state index contributed by atoms with van der Waals surface area (Å²) in [6.45, 7) is 4.59. The highest BCUT2D eigenvalue weighted by molar-refractivity contribution is 7.98. The predicted molar refractivity (Wildman–Crippen MR) is 107 cm³/mol. The number of aryl methyl sites for hydroxylation is 2. The number of rotatable bonds is 6. The van der Waals surface area contributed by atoms with E-state index in [4.69, 9.17) is 4.74 Å². The number of imidazole rings is 1. The molecule has 2 heterocycles. The van der Waals surface area contributed by atoms with E-state index in [0.29, 0.717) is 18.1 Å². The van der Waals surface area contributed by atoms with Crippen LogP contribution in [0.4, 0.5) is 0 Å². The minimum atomic E-state index is 0.438. The van der Waals surface area contributed by atoms with Crippen molar-refractivity contribution >= 4 is 17.4 Å². The molecule has 27 heavy (non-hydrogen) atoms. The molecule has 0 aliphatic carbocycles. The largest absolute Gasteiger partial charge is 0.469 e. The summed E-state index contributed by atoms with van der Waals surface area (Å²) in [6.07, 6.45) is 3.63. The molecule has 2 aromatic heterocycles. The lowest BCUT2D eigenvalue weighted by Crippen LogP contribution is -2.04. The molecule has 0 bridgehead atoms. The molecule has 0 saturated carbocycles. The van der Waals surface area contributed by atoms with Crippen LogP contribution >= 0.6 is 11.8 Å². The second-order valence-electron chi connectivity index (χ2n) is 6.46. The van der Waals surface area contributed by atoms with Crippen LogP contribution in [0.25, 0.3) is 5.65 Å². The Kier molecular flexibility index (Phi) is 5.07. The number of nitrogens with zero attached hydrogens (tertiary/aromatic N) is 4. The van der Waals surface area contributed by atoms with Gasteiger partial charge in [0.1, 0.15) is 6.61 Å². The average Bonchev–Trinajstić information content (AvgIpc) is 3.18. The second kappa shape index (κ2) is 7.80. The van der Waals surface area contributed by atoms with Crippen molar-refractivity contribution in [3.63, 3.8) is 0 Å². The van der Waals surface area contributed by atoms with Gasteiger partial charge in [-0.2, -0.15) is 0 Å². The molecule has 0 spiro atoms. The smallest absolute Gasteiger partial charge is 0.278 e. The number of thioether (sulfide) groups is 1. The molecular weight excluding hydrogens is 356 g/mol. The number of benzene rings is 2. The van der Waals surface area contributed by atoms with Crippen LogP contribution < -0.4 is 4.74 Å². The first kappa shape index (κ1) is 17.5. The number of fused-ring (bicyclic) bond motifs is 1. The number of hydrogen-bond acceptors (Lipinski definition) is 5. The SMILES string of the molecule is Cc1ccc(COc2nnc(SCc3ccc(C)cc3)n3ccnc23)cc1. The average molecular weight is 376 g/mol. The molecule has 0 fully saturated rings. The minimum absolute atomic E-state index is 0.438. The normalized spacial score (nSPS) is 11.0. The molecule has 2 aromatic carbocycles. The Bertz CT molecular complexity index is 959. The molecule has 6 heteroatoms. The first-order chi connectivity index (χ1) is 13.2. The molecule has 0 saturated heterocycles. The van der Waals surface area contributed by atoms with Crippen molar-refractivity contribution in [1.82, 2.24) is 19.6 Å². The Hall–Kier alpha value is -2.86. The van der Waals surface area contributed by atoms with Crippen LogP contribution in [0.15, 0.2) is 66.1 Å². The third-order valence-electron chi connectivity index (χ3n) is 4.25. The summed E-state index contributed by atoms with van der Waals surface area (Å²) in [5.74, 6) is 1.27. The molecule has 0 atom stereocenters. The van der Waals surface area contributed by atoms with Gasteiger partial charge in [-0.15, -0.1) is 10.2 Å². The summed E-state index contributed by atoms with van der Waals surface area (Å²) in [7, 11) is 0. The molecule has 0 radical (unpaired) electrons. The van der Waals surface area contributed by atoms with Crippen LogP contribution in [0.1, 0.15) is 22.3 Å². The molecule has 136 valence electrons. The van der Waals surface area contributed by atoms with Crippen LogP contribution in [-0.4, -0.2) is 19.6 Å². The van der Waals surface area contributed by atoms with Gasteiger partial charge in [-0.1, -0.05) is 71.4 Å². The number of ether oxygens (including phenoxy) is 1. The standard InChI is InChI=1S/C21H20N4OS/c1-15-3-7-17(8-4-15)13-26-20-19-22-11-12-25(19)21(24-23-20)27-14-18-9-5-16(2)6-10-18/h3-12H,13-14H2,1-2H3. The van der Waals surface area contributed by atoms with E-state index in [9.17, 15) is 0 Å². The van der Waals surface area contributed by atoms with Crippen LogP contribution in [0, 0.1) is 13.8 Å². The van der Waals surface area contributed by atoms with E-state index < -0.39 is 0 Å². The fraction of sp³-hybridized carbons (Fsp3) is 0.190. The Morgan fingerprint density at radius 1 is 0.889 bits per heavy atom. The maximum Gasteiger partial charge on any atom is 0.278 e. The lowest BCUT2D eigenvalue weighted by molar-refractivity contribution is 0.290. The van der Waals surface area contributed by atoms with Gasteiger partial charge in [-0.3, -0.25) is 4.40 Å². The van der Waals surface area contributed by atoms with Crippen LogP contribution in [0.2, 0.25) is 0 Å². The highest BCUT2D eigenvalue weighted by Gasteiger charge is 2.12. The summed E-state index contributed by atoms with van der Waals surface area (Å²) in [6, 6.07) is 16.8. The zero-order valence-corrected chi connectivity index (χ0v) is 16.1. The first-order valence-electron chi connectivity index (χ1n) is 8.75. The topological polar surface area (TPSA) is 52.3 Å². The molecule has 0 aliphatic heterocycles. The van der Waals surface area contributed by atoms with E-state index >= 15 is 0 Å². The lowest BCUT2D eigenvalue weighted by atomic mass is 10.2. The van der Waals surface area contributed by atoms with Gasteiger partial charge in [-0.25, -0.2) is 4.98 Å². The van der Waals surface area contributed by atoms with Crippen molar-refractivity contribution in [3.8, 4) is 5.88 Å². The fourth-order valence-corrected chi connectivity index (χ4v) is 3.53. The third kappa shape index (κ3) is 4.11. The van der Waals surface area contributed by atoms with E-state index in [0.717, 1.165) is 16.5 Å². The van der Waals surface area contributed by atoms with Crippen molar-refractivity contribution in [2.75, 3.05) is 0 Å². The zero-order chi connectivity index (χ0) is 18.6. The number of aromatic nitrogens is 4. The van der Waals surface area contributed by atoms with E-state index in [1.165, 1.54) is 16.7 Å².